The summed E-state index contributed by atoms with van der Waals surface area (Å²) in [5.41, 5.74) is 1.88. The van der Waals surface area contributed by atoms with Crippen LogP contribution < -0.4 is 10.1 Å². The summed E-state index contributed by atoms with van der Waals surface area (Å²) in [5, 5.41) is 6.75. The van der Waals surface area contributed by atoms with E-state index in [9.17, 15) is 4.79 Å². The van der Waals surface area contributed by atoms with Gasteiger partial charge in [-0.2, -0.15) is 4.98 Å². The number of nitrogens with one attached hydrogen (secondary N) is 1. The Bertz CT molecular complexity index is 1090. The molecule has 0 saturated carbocycles. The Kier molecular flexibility index (Phi) is 4.79. The van der Waals surface area contributed by atoms with Crippen molar-refractivity contribution in [2.75, 3.05) is 12.4 Å². The number of pyridine rings is 1. The number of ether oxygens (including phenoxy) is 1. The van der Waals surface area contributed by atoms with Crippen molar-refractivity contribution in [2.24, 2.45) is 0 Å². The van der Waals surface area contributed by atoms with Crippen molar-refractivity contribution in [1.29, 1.82) is 0 Å². The molecule has 0 aliphatic carbocycles. The predicted molar refractivity (Wildman–Crippen MR) is 100 cm³/mol. The fraction of sp³-hybridized carbons (Fsp3) is 0.105. The monoisotopic (exact) mass is 376 g/mol. The molecule has 1 N–H and O–H groups in total. The molecule has 0 unspecified atom stereocenters. The Balaban J connectivity index is 1.43. The summed E-state index contributed by atoms with van der Waals surface area (Å²) in [6.07, 6.45) is 6.53. The molecule has 0 fully saturated rings. The molecule has 1 aromatic carbocycles. The first-order chi connectivity index (χ1) is 13.7. The van der Waals surface area contributed by atoms with Crippen LogP contribution in [-0.4, -0.2) is 37.7 Å². The van der Waals surface area contributed by atoms with Crippen LogP contribution in [0.25, 0.3) is 23.0 Å². The minimum Gasteiger partial charge on any atom is -0.497 e. The topological polar surface area (TPSA) is 108 Å². The Morgan fingerprint density at radius 2 is 2.21 bits per heavy atom. The summed E-state index contributed by atoms with van der Waals surface area (Å²) in [4.78, 5) is 24.8. The molecule has 0 bridgehead atoms. The molecule has 0 aliphatic rings. The maximum Gasteiger partial charge on any atom is 0.259 e. The molecule has 140 valence electrons. The van der Waals surface area contributed by atoms with Crippen molar-refractivity contribution in [3.8, 4) is 28.7 Å². The SMILES string of the molecule is COc1cccc(NC(=O)Cn2cnc(-c3noc(-c4cccnc4)n3)c2)c1. The van der Waals surface area contributed by atoms with Gasteiger partial charge in [0, 0.05) is 30.3 Å². The van der Waals surface area contributed by atoms with Gasteiger partial charge in [0.15, 0.2) is 0 Å². The average molecular weight is 376 g/mol. The highest BCUT2D eigenvalue weighted by Crippen LogP contribution is 2.20. The van der Waals surface area contributed by atoms with Crippen LogP contribution >= 0.6 is 0 Å². The molecule has 0 spiro atoms. The van der Waals surface area contributed by atoms with E-state index in [4.69, 9.17) is 9.26 Å². The van der Waals surface area contributed by atoms with E-state index in [1.54, 1.807) is 60.9 Å². The third-order valence-electron chi connectivity index (χ3n) is 3.88. The lowest BCUT2D eigenvalue weighted by molar-refractivity contribution is -0.116. The summed E-state index contributed by atoms with van der Waals surface area (Å²) < 4.78 is 12.0. The van der Waals surface area contributed by atoms with Crippen molar-refractivity contribution < 1.29 is 14.1 Å². The fourth-order valence-electron chi connectivity index (χ4n) is 2.56. The van der Waals surface area contributed by atoms with E-state index in [0.29, 0.717) is 28.8 Å². The Morgan fingerprint density at radius 1 is 1.29 bits per heavy atom. The van der Waals surface area contributed by atoms with E-state index >= 15 is 0 Å². The second-order valence-corrected chi connectivity index (χ2v) is 5.88. The quantitative estimate of drug-likeness (QED) is 0.551. The normalized spacial score (nSPS) is 10.6. The molecule has 3 aromatic heterocycles. The van der Waals surface area contributed by atoms with Crippen molar-refractivity contribution in [2.45, 2.75) is 6.54 Å². The number of hydrogen-bond acceptors (Lipinski definition) is 7. The molecule has 28 heavy (non-hydrogen) atoms. The highest BCUT2D eigenvalue weighted by Gasteiger charge is 2.14. The third kappa shape index (κ3) is 3.88. The first-order valence-electron chi connectivity index (χ1n) is 8.41. The second-order valence-electron chi connectivity index (χ2n) is 5.88. The molecule has 1 amide bonds. The molecule has 0 atom stereocenters. The van der Waals surface area contributed by atoms with Gasteiger partial charge in [-0.05, 0) is 24.3 Å². The van der Waals surface area contributed by atoms with Crippen LogP contribution in [-0.2, 0) is 11.3 Å². The molecular weight excluding hydrogens is 360 g/mol. The zero-order chi connectivity index (χ0) is 19.3. The van der Waals surface area contributed by atoms with Crippen molar-refractivity contribution in [3.63, 3.8) is 0 Å². The summed E-state index contributed by atoms with van der Waals surface area (Å²) >= 11 is 0. The van der Waals surface area contributed by atoms with Gasteiger partial charge in [-0.1, -0.05) is 11.2 Å². The minimum atomic E-state index is -0.193. The van der Waals surface area contributed by atoms with Gasteiger partial charge in [-0.15, -0.1) is 0 Å². The smallest absolute Gasteiger partial charge is 0.259 e. The largest absolute Gasteiger partial charge is 0.497 e. The fourth-order valence-corrected chi connectivity index (χ4v) is 2.56. The number of carbonyl (C=O) groups is 1. The third-order valence-corrected chi connectivity index (χ3v) is 3.88. The lowest BCUT2D eigenvalue weighted by Crippen LogP contribution is -2.17. The molecule has 9 nitrogen and oxygen atoms in total. The van der Waals surface area contributed by atoms with E-state index in [1.165, 1.54) is 0 Å². The van der Waals surface area contributed by atoms with Crippen LogP contribution in [0.1, 0.15) is 0 Å². The van der Waals surface area contributed by atoms with Gasteiger partial charge < -0.3 is 19.1 Å². The molecule has 0 saturated heterocycles. The van der Waals surface area contributed by atoms with Gasteiger partial charge >= 0.3 is 0 Å². The minimum absolute atomic E-state index is 0.0948. The number of rotatable bonds is 6. The zero-order valence-corrected chi connectivity index (χ0v) is 14.9. The van der Waals surface area contributed by atoms with Gasteiger partial charge in [0.25, 0.3) is 5.89 Å². The summed E-state index contributed by atoms with van der Waals surface area (Å²) in [6.45, 7) is 0.0948. The summed E-state index contributed by atoms with van der Waals surface area (Å²) in [5.74, 6) is 1.17. The van der Waals surface area contributed by atoms with E-state index < -0.39 is 0 Å². The van der Waals surface area contributed by atoms with Crippen LogP contribution in [0.5, 0.6) is 5.75 Å². The number of anilines is 1. The standard InChI is InChI=1S/C19H16N6O3/c1-27-15-6-2-5-14(8-15)22-17(26)11-25-10-16(21-12-25)18-23-19(28-24-18)13-4-3-7-20-9-13/h2-10,12H,11H2,1H3,(H,22,26). The van der Waals surface area contributed by atoms with E-state index in [2.05, 4.69) is 25.4 Å². The van der Waals surface area contributed by atoms with Crippen molar-refractivity contribution in [1.82, 2.24) is 24.7 Å². The Labute approximate surface area is 160 Å². The molecular formula is C19H16N6O3. The average Bonchev–Trinajstić information content (AvgIpc) is 3.38. The highest BCUT2D eigenvalue weighted by atomic mass is 16.5. The molecule has 4 aromatic rings. The van der Waals surface area contributed by atoms with Gasteiger partial charge in [0.1, 0.15) is 18.0 Å². The number of benzene rings is 1. The van der Waals surface area contributed by atoms with Gasteiger partial charge in [0.2, 0.25) is 11.7 Å². The van der Waals surface area contributed by atoms with Crippen LogP contribution in [0, 0.1) is 0 Å². The van der Waals surface area contributed by atoms with Gasteiger partial charge in [0.05, 0.1) is 19.0 Å². The zero-order valence-electron chi connectivity index (χ0n) is 14.9. The van der Waals surface area contributed by atoms with E-state index in [-0.39, 0.29) is 12.5 Å². The van der Waals surface area contributed by atoms with Crippen LogP contribution in [0.4, 0.5) is 5.69 Å². The molecule has 0 radical (unpaired) electrons. The summed E-state index contributed by atoms with van der Waals surface area (Å²) in [7, 11) is 1.58. The summed E-state index contributed by atoms with van der Waals surface area (Å²) in [6, 6.07) is 10.8. The number of imidazole rings is 1. The van der Waals surface area contributed by atoms with Crippen LogP contribution in [0.3, 0.4) is 0 Å². The Hall–Kier alpha value is -4.01. The highest BCUT2D eigenvalue weighted by molar-refractivity contribution is 5.90. The lowest BCUT2D eigenvalue weighted by atomic mass is 10.3. The first kappa shape index (κ1) is 17.4. The first-order valence-corrected chi connectivity index (χ1v) is 8.41. The van der Waals surface area contributed by atoms with Crippen LogP contribution in [0.2, 0.25) is 0 Å². The second kappa shape index (κ2) is 7.70. The number of nitrogens with zero attached hydrogens (tertiary/aromatic N) is 5. The Morgan fingerprint density at radius 3 is 3.04 bits per heavy atom. The maximum atomic E-state index is 12.3. The maximum absolute atomic E-state index is 12.3. The van der Waals surface area contributed by atoms with Crippen molar-refractivity contribution >= 4 is 11.6 Å². The number of aromatic nitrogens is 5. The number of amides is 1. The lowest BCUT2D eigenvalue weighted by Gasteiger charge is -2.07. The van der Waals surface area contributed by atoms with Crippen LogP contribution in [0.15, 0.2) is 65.8 Å². The molecule has 3 heterocycles. The predicted octanol–water partition coefficient (Wildman–Crippen LogP) is 2.64. The van der Waals surface area contributed by atoms with Gasteiger partial charge in [-0.25, -0.2) is 4.98 Å². The molecule has 4 rings (SSSR count). The van der Waals surface area contributed by atoms with Gasteiger partial charge in [-0.3, -0.25) is 9.78 Å². The number of methoxy groups -OCH3 is 1. The molecule has 9 heteroatoms. The van der Waals surface area contributed by atoms with E-state index in [1.807, 2.05) is 12.1 Å². The number of carbonyl (C=O) groups excluding carboxylic acids is 1. The van der Waals surface area contributed by atoms with Crippen molar-refractivity contribution in [3.05, 3.63) is 61.3 Å². The number of hydrogen-bond donors (Lipinski definition) is 1. The van der Waals surface area contributed by atoms with E-state index in [0.717, 1.165) is 5.56 Å². The molecule has 0 aliphatic heterocycles.